The molecule has 0 spiro atoms. The minimum atomic E-state index is -0.342. The lowest BCUT2D eigenvalue weighted by molar-refractivity contribution is -0.114. The van der Waals surface area contributed by atoms with Crippen LogP contribution in [0.15, 0.2) is 36.4 Å². The van der Waals surface area contributed by atoms with Gasteiger partial charge in [0.1, 0.15) is 0 Å². The molecule has 0 saturated carbocycles. The standard InChI is InChI=1S/C14H16O3/c1-4-17-14(16)12-7-5-11(6-8-12)9-13(15)10(2)3/h5-8H,2,4,9H2,1,3H3. The predicted octanol–water partition coefficient (Wildman–Crippen LogP) is 2.55. The van der Waals surface area contributed by atoms with Gasteiger partial charge in [0.15, 0.2) is 5.78 Å². The minimum Gasteiger partial charge on any atom is -0.462 e. The zero-order valence-corrected chi connectivity index (χ0v) is 10.2. The van der Waals surface area contributed by atoms with Gasteiger partial charge >= 0.3 is 5.97 Å². The summed E-state index contributed by atoms with van der Waals surface area (Å²) >= 11 is 0. The Bertz CT molecular complexity index is 429. The van der Waals surface area contributed by atoms with Gasteiger partial charge in [-0.1, -0.05) is 18.7 Å². The Morgan fingerprint density at radius 3 is 2.29 bits per heavy atom. The number of rotatable bonds is 5. The van der Waals surface area contributed by atoms with E-state index < -0.39 is 0 Å². The van der Waals surface area contributed by atoms with Gasteiger partial charge in [0.25, 0.3) is 0 Å². The molecule has 17 heavy (non-hydrogen) atoms. The van der Waals surface area contributed by atoms with E-state index in [9.17, 15) is 9.59 Å². The second-order valence-electron chi connectivity index (χ2n) is 3.80. The van der Waals surface area contributed by atoms with Gasteiger partial charge in [0.2, 0.25) is 0 Å². The molecule has 0 aromatic heterocycles. The smallest absolute Gasteiger partial charge is 0.338 e. The molecule has 0 amide bonds. The lowest BCUT2D eigenvalue weighted by Gasteiger charge is -2.03. The third-order valence-electron chi connectivity index (χ3n) is 2.31. The highest BCUT2D eigenvalue weighted by atomic mass is 16.5. The monoisotopic (exact) mass is 232 g/mol. The van der Waals surface area contributed by atoms with Gasteiger partial charge in [0.05, 0.1) is 12.2 Å². The number of carbonyl (C=O) groups is 2. The number of allylic oxidation sites excluding steroid dienone is 1. The molecule has 3 nitrogen and oxygen atoms in total. The fraction of sp³-hybridized carbons (Fsp3) is 0.286. The molecule has 0 aliphatic carbocycles. The maximum absolute atomic E-state index is 11.4. The summed E-state index contributed by atoms with van der Waals surface area (Å²) in [4.78, 5) is 22.8. The maximum atomic E-state index is 11.4. The zero-order chi connectivity index (χ0) is 12.8. The number of Topliss-reactive ketones (excluding diaryl/α,β-unsaturated/α-hetero) is 1. The van der Waals surface area contributed by atoms with Crippen molar-refractivity contribution in [1.82, 2.24) is 0 Å². The summed E-state index contributed by atoms with van der Waals surface area (Å²) in [6, 6.07) is 6.85. The van der Waals surface area contributed by atoms with Crippen molar-refractivity contribution in [3.63, 3.8) is 0 Å². The Balaban J connectivity index is 2.71. The van der Waals surface area contributed by atoms with Crippen molar-refractivity contribution in [2.45, 2.75) is 20.3 Å². The first kappa shape index (κ1) is 13.2. The van der Waals surface area contributed by atoms with Crippen molar-refractivity contribution in [2.24, 2.45) is 0 Å². The molecule has 3 heteroatoms. The zero-order valence-electron chi connectivity index (χ0n) is 10.2. The second-order valence-corrected chi connectivity index (χ2v) is 3.80. The van der Waals surface area contributed by atoms with E-state index in [0.29, 0.717) is 24.2 Å². The molecule has 90 valence electrons. The Morgan fingerprint density at radius 2 is 1.82 bits per heavy atom. The fourth-order valence-electron chi connectivity index (χ4n) is 1.31. The van der Waals surface area contributed by atoms with Crippen LogP contribution in [0.4, 0.5) is 0 Å². The third kappa shape index (κ3) is 3.87. The molecule has 1 aromatic rings. The molecular weight excluding hydrogens is 216 g/mol. The van der Waals surface area contributed by atoms with Gasteiger partial charge in [-0.3, -0.25) is 4.79 Å². The lowest BCUT2D eigenvalue weighted by Crippen LogP contribution is -2.06. The van der Waals surface area contributed by atoms with Crippen molar-refractivity contribution in [1.29, 1.82) is 0 Å². The summed E-state index contributed by atoms with van der Waals surface area (Å²) < 4.78 is 4.87. The first-order valence-electron chi connectivity index (χ1n) is 5.49. The van der Waals surface area contributed by atoms with E-state index in [1.54, 1.807) is 38.1 Å². The molecule has 0 fully saturated rings. The minimum absolute atomic E-state index is 0.00823. The summed E-state index contributed by atoms with van der Waals surface area (Å²) in [6.45, 7) is 7.41. The van der Waals surface area contributed by atoms with Crippen LogP contribution in [0.5, 0.6) is 0 Å². The average molecular weight is 232 g/mol. The normalized spacial score (nSPS) is 9.76. The Kier molecular flexibility index (Phi) is 4.64. The third-order valence-corrected chi connectivity index (χ3v) is 2.31. The van der Waals surface area contributed by atoms with E-state index in [-0.39, 0.29) is 11.8 Å². The molecule has 0 bridgehead atoms. The van der Waals surface area contributed by atoms with E-state index in [1.807, 2.05) is 0 Å². The Hall–Kier alpha value is -1.90. The Morgan fingerprint density at radius 1 is 1.24 bits per heavy atom. The van der Waals surface area contributed by atoms with Crippen LogP contribution in [-0.4, -0.2) is 18.4 Å². The maximum Gasteiger partial charge on any atom is 0.338 e. The first-order valence-corrected chi connectivity index (χ1v) is 5.49. The van der Waals surface area contributed by atoms with Crippen molar-refractivity contribution >= 4 is 11.8 Å². The van der Waals surface area contributed by atoms with Gasteiger partial charge < -0.3 is 4.74 Å². The lowest BCUT2D eigenvalue weighted by atomic mass is 10.0. The van der Waals surface area contributed by atoms with Crippen LogP contribution in [0, 0.1) is 0 Å². The highest BCUT2D eigenvalue weighted by molar-refractivity contribution is 5.95. The number of ether oxygens (including phenoxy) is 1. The molecular formula is C14H16O3. The number of esters is 1. The van der Waals surface area contributed by atoms with Crippen LogP contribution in [0.2, 0.25) is 0 Å². The highest BCUT2D eigenvalue weighted by Gasteiger charge is 2.07. The number of ketones is 1. The van der Waals surface area contributed by atoms with Crippen LogP contribution in [-0.2, 0) is 16.0 Å². The summed E-state index contributed by atoms with van der Waals surface area (Å²) in [5.74, 6) is -0.334. The van der Waals surface area contributed by atoms with Crippen LogP contribution >= 0.6 is 0 Å². The van der Waals surface area contributed by atoms with Crippen molar-refractivity contribution in [2.75, 3.05) is 6.61 Å². The fourth-order valence-corrected chi connectivity index (χ4v) is 1.31. The average Bonchev–Trinajstić information content (AvgIpc) is 2.30. The SMILES string of the molecule is C=C(C)C(=O)Cc1ccc(C(=O)OCC)cc1. The van der Waals surface area contributed by atoms with E-state index in [4.69, 9.17) is 4.74 Å². The van der Waals surface area contributed by atoms with E-state index in [0.717, 1.165) is 5.56 Å². The molecule has 0 aliphatic rings. The quantitative estimate of drug-likeness (QED) is 0.579. The molecule has 0 unspecified atom stereocenters. The largest absolute Gasteiger partial charge is 0.462 e. The van der Waals surface area contributed by atoms with Crippen molar-refractivity contribution in [3.05, 3.63) is 47.5 Å². The van der Waals surface area contributed by atoms with E-state index >= 15 is 0 Å². The summed E-state index contributed by atoms with van der Waals surface area (Å²) in [5, 5.41) is 0. The molecule has 0 atom stereocenters. The Labute approximate surface area is 101 Å². The molecule has 0 heterocycles. The highest BCUT2D eigenvalue weighted by Crippen LogP contribution is 2.08. The van der Waals surface area contributed by atoms with E-state index in [1.165, 1.54) is 0 Å². The van der Waals surface area contributed by atoms with Crippen LogP contribution in [0.1, 0.15) is 29.8 Å². The van der Waals surface area contributed by atoms with E-state index in [2.05, 4.69) is 6.58 Å². The molecule has 1 rings (SSSR count). The van der Waals surface area contributed by atoms with Gasteiger partial charge in [-0.15, -0.1) is 0 Å². The summed E-state index contributed by atoms with van der Waals surface area (Å²) in [6.07, 6.45) is 0.318. The number of hydrogen-bond acceptors (Lipinski definition) is 3. The summed E-state index contributed by atoms with van der Waals surface area (Å²) in [7, 11) is 0. The summed E-state index contributed by atoms with van der Waals surface area (Å²) in [5.41, 5.74) is 1.91. The molecule has 0 N–H and O–H groups in total. The van der Waals surface area contributed by atoms with Crippen LogP contribution < -0.4 is 0 Å². The van der Waals surface area contributed by atoms with Crippen molar-refractivity contribution < 1.29 is 14.3 Å². The molecule has 1 aromatic carbocycles. The topological polar surface area (TPSA) is 43.4 Å². The number of carbonyl (C=O) groups excluding carboxylic acids is 2. The molecule has 0 saturated heterocycles. The first-order chi connectivity index (χ1) is 8.04. The van der Waals surface area contributed by atoms with Gasteiger partial charge in [-0.2, -0.15) is 0 Å². The van der Waals surface area contributed by atoms with Crippen molar-refractivity contribution in [3.8, 4) is 0 Å². The van der Waals surface area contributed by atoms with Gasteiger partial charge in [0, 0.05) is 6.42 Å². The van der Waals surface area contributed by atoms with Crippen LogP contribution in [0.3, 0.4) is 0 Å². The molecule has 0 aliphatic heterocycles. The predicted molar refractivity (Wildman–Crippen MR) is 65.9 cm³/mol. The number of hydrogen-bond donors (Lipinski definition) is 0. The van der Waals surface area contributed by atoms with Gasteiger partial charge in [-0.05, 0) is 37.1 Å². The van der Waals surface area contributed by atoms with Gasteiger partial charge in [-0.25, -0.2) is 4.79 Å². The van der Waals surface area contributed by atoms with Crippen LogP contribution in [0.25, 0.3) is 0 Å². The molecule has 0 radical (unpaired) electrons. The second kappa shape index (κ2) is 5.99. The number of benzene rings is 1.